The quantitative estimate of drug-likeness (QED) is 0.912. The van der Waals surface area contributed by atoms with Crippen molar-refractivity contribution in [1.82, 2.24) is 10.3 Å². The van der Waals surface area contributed by atoms with E-state index >= 15 is 0 Å². The average Bonchev–Trinajstić information content (AvgIpc) is 2.81. The topological polar surface area (TPSA) is 28.2 Å². The lowest BCUT2D eigenvalue weighted by Gasteiger charge is -2.15. The maximum absolute atomic E-state index is 5.87. The molecule has 0 fully saturated rings. The van der Waals surface area contributed by atoms with Crippen LogP contribution in [0.3, 0.4) is 0 Å². The molecule has 1 aromatic carbocycles. The molecule has 1 N–H and O–H groups in total. The van der Waals surface area contributed by atoms with Gasteiger partial charge in [-0.1, -0.05) is 23.7 Å². The van der Waals surface area contributed by atoms with Gasteiger partial charge >= 0.3 is 0 Å². The fourth-order valence-electron chi connectivity index (χ4n) is 1.66. The number of halogens is 1. The number of benzene rings is 1. The highest BCUT2D eigenvalue weighted by Crippen LogP contribution is 2.23. The van der Waals surface area contributed by atoms with E-state index in [9.17, 15) is 0 Å². The highest BCUT2D eigenvalue weighted by atomic mass is 35.5. The Morgan fingerprint density at radius 2 is 2.06 bits per heavy atom. The van der Waals surface area contributed by atoms with Gasteiger partial charge in [0.25, 0.3) is 0 Å². The predicted octanol–water partition coefficient (Wildman–Crippen LogP) is 3.15. The molecule has 0 atom stereocenters. The van der Waals surface area contributed by atoms with E-state index in [0.29, 0.717) is 0 Å². The molecule has 1 heterocycles. The number of hydrogen-bond donors (Lipinski definition) is 1. The normalized spacial score (nSPS) is 10.6. The number of hydrogen-bond acceptors (Lipinski definition) is 4. The van der Waals surface area contributed by atoms with Gasteiger partial charge in [0, 0.05) is 36.2 Å². The summed E-state index contributed by atoms with van der Waals surface area (Å²) in [4.78, 5) is 7.82. The Labute approximate surface area is 116 Å². The van der Waals surface area contributed by atoms with Crippen molar-refractivity contribution in [2.45, 2.75) is 13.1 Å². The van der Waals surface area contributed by atoms with Gasteiger partial charge in [-0.15, -0.1) is 11.3 Å². The molecule has 1 aromatic heterocycles. The van der Waals surface area contributed by atoms with Crippen LogP contribution in [0.4, 0.5) is 5.13 Å². The molecule has 0 amide bonds. The first-order valence-corrected chi connectivity index (χ1v) is 6.93. The minimum absolute atomic E-state index is 0.770. The molecular formula is C13H16ClN3S. The summed E-state index contributed by atoms with van der Waals surface area (Å²) in [6.45, 7) is 1.70. The van der Waals surface area contributed by atoms with Gasteiger partial charge in [0.15, 0.2) is 5.13 Å². The van der Waals surface area contributed by atoms with Crippen LogP contribution in [0.1, 0.15) is 10.4 Å². The van der Waals surface area contributed by atoms with E-state index in [4.69, 9.17) is 11.6 Å². The summed E-state index contributed by atoms with van der Waals surface area (Å²) in [6.07, 6.45) is 1.93. The minimum Gasteiger partial charge on any atom is -0.347 e. The van der Waals surface area contributed by atoms with Crippen LogP contribution in [0.5, 0.6) is 0 Å². The Morgan fingerprint density at radius 1 is 1.33 bits per heavy atom. The van der Waals surface area contributed by atoms with E-state index < -0.39 is 0 Å². The van der Waals surface area contributed by atoms with Gasteiger partial charge in [0.2, 0.25) is 0 Å². The molecule has 18 heavy (non-hydrogen) atoms. The lowest BCUT2D eigenvalue weighted by molar-refractivity contribution is 0.829. The smallest absolute Gasteiger partial charge is 0.185 e. The van der Waals surface area contributed by atoms with Crippen molar-refractivity contribution in [3.05, 3.63) is 45.9 Å². The Balaban J connectivity index is 2.02. The summed E-state index contributed by atoms with van der Waals surface area (Å²) in [6, 6.07) is 7.92. The molecule has 2 rings (SSSR count). The van der Waals surface area contributed by atoms with Crippen LogP contribution in [-0.4, -0.2) is 19.1 Å². The van der Waals surface area contributed by atoms with E-state index in [2.05, 4.69) is 22.2 Å². The maximum Gasteiger partial charge on any atom is 0.185 e. The third kappa shape index (κ3) is 3.45. The summed E-state index contributed by atoms with van der Waals surface area (Å²) in [7, 11) is 3.99. The molecule has 96 valence electrons. The second-order valence-electron chi connectivity index (χ2n) is 4.12. The van der Waals surface area contributed by atoms with E-state index in [0.717, 1.165) is 23.2 Å². The molecule has 5 heteroatoms. The Bertz CT molecular complexity index is 495. The van der Waals surface area contributed by atoms with E-state index in [1.165, 1.54) is 10.4 Å². The summed E-state index contributed by atoms with van der Waals surface area (Å²) < 4.78 is 0. The monoisotopic (exact) mass is 281 g/mol. The molecule has 2 aromatic rings. The minimum atomic E-state index is 0.770. The highest BCUT2D eigenvalue weighted by molar-refractivity contribution is 7.15. The fourth-order valence-corrected chi connectivity index (χ4v) is 2.67. The summed E-state index contributed by atoms with van der Waals surface area (Å²) >= 11 is 7.59. The number of anilines is 1. The molecule has 0 saturated heterocycles. The maximum atomic E-state index is 5.87. The summed E-state index contributed by atoms with van der Waals surface area (Å²) in [5.41, 5.74) is 1.23. The SMILES string of the molecule is CNCc1cnc(N(C)Cc2ccc(Cl)cc2)s1. The van der Waals surface area contributed by atoms with Crippen LogP contribution in [-0.2, 0) is 13.1 Å². The first-order chi connectivity index (χ1) is 8.69. The van der Waals surface area contributed by atoms with Gasteiger partial charge in [-0.25, -0.2) is 4.98 Å². The largest absolute Gasteiger partial charge is 0.347 e. The molecule has 0 bridgehead atoms. The number of nitrogens with one attached hydrogen (secondary N) is 1. The molecule has 0 aliphatic rings. The van der Waals surface area contributed by atoms with E-state index in [1.54, 1.807) is 11.3 Å². The second kappa shape index (κ2) is 6.18. The van der Waals surface area contributed by atoms with Gasteiger partial charge in [0.1, 0.15) is 0 Å². The van der Waals surface area contributed by atoms with Gasteiger partial charge in [0.05, 0.1) is 0 Å². The van der Waals surface area contributed by atoms with Gasteiger partial charge in [-0.05, 0) is 24.7 Å². The number of thiazole rings is 1. The first kappa shape index (κ1) is 13.3. The zero-order valence-electron chi connectivity index (χ0n) is 10.5. The van der Waals surface area contributed by atoms with Crippen LogP contribution in [0.15, 0.2) is 30.5 Å². The standard InChI is InChI=1S/C13H16ClN3S/c1-15-7-12-8-16-13(18-12)17(2)9-10-3-5-11(14)6-4-10/h3-6,8,15H,7,9H2,1-2H3. The van der Waals surface area contributed by atoms with Crippen LogP contribution >= 0.6 is 22.9 Å². The van der Waals surface area contributed by atoms with Crippen molar-refractivity contribution in [3.63, 3.8) is 0 Å². The highest BCUT2D eigenvalue weighted by Gasteiger charge is 2.07. The fraction of sp³-hybridized carbons (Fsp3) is 0.308. The zero-order valence-corrected chi connectivity index (χ0v) is 12.1. The van der Waals surface area contributed by atoms with Crippen LogP contribution < -0.4 is 10.2 Å². The lowest BCUT2D eigenvalue weighted by atomic mass is 10.2. The van der Waals surface area contributed by atoms with Crippen molar-refractivity contribution < 1.29 is 0 Å². The van der Waals surface area contributed by atoms with Gasteiger partial charge < -0.3 is 10.2 Å². The molecule has 0 unspecified atom stereocenters. The number of rotatable bonds is 5. The second-order valence-corrected chi connectivity index (χ2v) is 5.65. The Hall–Kier alpha value is -1.10. The molecule has 0 aliphatic heterocycles. The van der Waals surface area contributed by atoms with E-state index in [1.807, 2.05) is 37.5 Å². The zero-order chi connectivity index (χ0) is 13.0. The molecule has 0 aliphatic carbocycles. The van der Waals surface area contributed by atoms with Crippen molar-refractivity contribution in [2.24, 2.45) is 0 Å². The number of aromatic nitrogens is 1. The van der Waals surface area contributed by atoms with Gasteiger partial charge in [-0.3, -0.25) is 0 Å². The molecule has 0 radical (unpaired) electrons. The number of nitrogens with zero attached hydrogens (tertiary/aromatic N) is 2. The molecular weight excluding hydrogens is 266 g/mol. The third-order valence-corrected chi connectivity index (χ3v) is 3.92. The molecule has 0 saturated carbocycles. The van der Waals surface area contributed by atoms with Crippen molar-refractivity contribution in [2.75, 3.05) is 19.0 Å². The van der Waals surface area contributed by atoms with Crippen molar-refractivity contribution in [3.8, 4) is 0 Å². The third-order valence-electron chi connectivity index (χ3n) is 2.55. The summed E-state index contributed by atoms with van der Waals surface area (Å²) in [5.74, 6) is 0. The van der Waals surface area contributed by atoms with Crippen LogP contribution in [0.25, 0.3) is 0 Å². The van der Waals surface area contributed by atoms with E-state index in [-0.39, 0.29) is 0 Å². The van der Waals surface area contributed by atoms with Crippen molar-refractivity contribution in [1.29, 1.82) is 0 Å². The first-order valence-electron chi connectivity index (χ1n) is 5.74. The van der Waals surface area contributed by atoms with Crippen LogP contribution in [0.2, 0.25) is 5.02 Å². The molecule has 3 nitrogen and oxygen atoms in total. The lowest BCUT2D eigenvalue weighted by Crippen LogP contribution is -2.15. The summed E-state index contributed by atoms with van der Waals surface area (Å²) in [5, 5.41) is 4.94. The predicted molar refractivity (Wildman–Crippen MR) is 78.4 cm³/mol. The average molecular weight is 282 g/mol. The van der Waals surface area contributed by atoms with Crippen LogP contribution in [0, 0.1) is 0 Å². The molecule has 0 spiro atoms. The Kier molecular flexibility index (Phi) is 4.58. The van der Waals surface area contributed by atoms with Crippen molar-refractivity contribution >= 4 is 28.1 Å². The van der Waals surface area contributed by atoms with Gasteiger partial charge in [-0.2, -0.15) is 0 Å². The Morgan fingerprint density at radius 3 is 2.72 bits per heavy atom.